The second kappa shape index (κ2) is 6.45. The number of nitrogens with one attached hydrogen (secondary N) is 1. The third-order valence-corrected chi connectivity index (χ3v) is 6.08. The molecule has 1 aliphatic rings. The van der Waals surface area contributed by atoms with E-state index in [2.05, 4.69) is 5.32 Å². The predicted molar refractivity (Wildman–Crippen MR) is 96.3 cm³/mol. The molecule has 0 aromatic heterocycles. The molecule has 0 unspecified atom stereocenters. The molecule has 0 bridgehead atoms. The first-order valence-electron chi connectivity index (χ1n) is 7.55. The van der Waals surface area contributed by atoms with Crippen molar-refractivity contribution in [3.63, 3.8) is 0 Å². The minimum Gasteiger partial charge on any atom is -0.322 e. The maximum absolute atomic E-state index is 12.4. The molecule has 0 radical (unpaired) electrons. The van der Waals surface area contributed by atoms with Gasteiger partial charge in [-0.15, -0.1) is 0 Å². The van der Waals surface area contributed by atoms with Crippen molar-refractivity contribution in [1.29, 1.82) is 0 Å². The first-order valence-corrected chi connectivity index (χ1v) is 9.53. The number of amides is 1. The van der Waals surface area contributed by atoms with E-state index < -0.39 is 10.0 Å². The summed E-state index contributed by atoms with van der Waals surface area (Å²) in [6.07, 6.45) is 0.614. The van der Waals surface area contributed by atoms with Gasteiger partial charge in [0.05, 0.1) is 11.4 Å². The summed E-state index contributed by atoms with van der Waals surface area (Å²) in [5, 5.41) is 3.39. The standard InChI is InChI=1S/C17H17ClN2O3S/c1-12-3-8-15(20-9-2-10-24(20,22)23)11-16(12)19-17(21)13-4-6-14(18)7-5-13/h3-8,11H,2,9-10H2,1H3,(H,19,21). The van der Waals surface area contributed by atoms with Crippen LogP contribution in [0.1, 0.15) is 22.3 Å². The highest BCUT2D eigenvalue weighted by molar-refractivity contribution is 7.93. The van der Waals surface area contributed by atoms with E-state index in [0.717, 1.165) is 5.56 Å². The molecule has 2 aromatic rings. The Kier molecular flexibility index (Phi) is 4.51. The van der Waals surface area contributed by atoms with Crippen molar-refractivity contribution in [3.8, 4) is 0 Å². The molecule has 0 aliphatic carbocycles. The number of hydrogen-bond donors (Lipinski definition) is 1. The van der Waals surface area contributed by atoms with Crippen LogP contribution in [0.3, 0.4) is 0 Å². The first-order chi connectivity index (χ1) is 11.4. The lowest BCUT2D eigenvalue weighted by Crippen LogP contribution is -2.25. The molecular weight excluding hydrogens is 348 g/mol. The highest BCUT2D eigenvalue weighted by Gasteiger charge is 2.28. The molecule has 1 aliphatic heterocycles. The Morgan fingerprint density at radius 1 is 1.17 bits per heavy atom. The van der Waals surface area contributed by atoms with E-state index in [4.69, 9.17) is 11.6 Å². The zero-order chi connectivity index (χ0) is 17.3. The predicted octanol–water partition coefficient (Wildman–Crippen LogP) is 3.44. The third-order valence-electron chi connectivity index (χ3n) is 3.96. The number of anilines is 2. The van der Waals surface area contributed by atoms with Crippen LogP contribution in [-0.2, 0) is 10.0 Å². The number of nitrogens with zero attached hydrogens (tertiary/aromatic N) is 1. The van der Waals surface area contributed by atoms with Gasteiger partial charge in [-0.05, 0) is 55.3 Å². The van der Waals surface area contributed by atoms with Crippen molar-refractivity contribution < 1.29 is 13.2 Å². The van der Waals surface area contributed by atoms with E-state index >= 15 is 0 Å². The summed E-state index contributed by atoms with van der Waals surface area (Å²) in [6, 6.07) is 11.8. The molecule has 1 amide bonds. The lowest BCUT2D eigenvalue weighted by molar-refractivity contribution is 0.102. The van der Waals surface area contributed by atoms with Crippen LogP contribution in [0, 0.1) is 6.92 Å². The van der Waals surface area contributed by atoms with Gasteiger partial charge in [0.1, 0.15) is 0 Å². The second-order valence-electron chi connectivity index (χ2n) is 5.70. The van der Waals surface area contributed by atoms with Crippen LogP contribution in [0.15, 0.2) is 42.5 Å². The van der Waals surface area contributed by atoms with Crippen LogP contribution < -0.4 is 9.62 Å². The normalized spacial score (nSPS) is 16.2. The Labute approximate surface area is 146 Å². The van der Waals surface area contributed by atoms with Crippen molar-refractivity contribution in [2.24, 2.45) is 0 Å². The summed E-state index contributed by atoms with van der Waals surface area (Å²) in [7, 11) is -3.25. The van der Waals surface area contributed by atoms with Crippen LogP contribution in [0.5, 0.6) is 0 Å². The number of aryl methyl sites for hydroxylation is 1. The molecule has 1 heterocycles. The summed E-state index contributed by atoms with van der Waals surface area (Å²) < 4.78 is 25.5. The van der Waals surface area contributed by atoms with Gasteiger partial charge in [-0.25, -0.2) is 8.42 Å². The number of benzene rings is 2. The molecule has 24 heavy (non-hydrogen) atoms. The van der Waals surface area contributed by atoms with E-state index in [-0.39, 0.29) is 11.7 Å². The smallest absolute Gasteiger partial charge is 0.255 e. The quantitative estimate of drug-likeness (QED) is 0.907. The zero-order valence-corrected chi connectivity index (χ0v) is 14.7. The SMILES string of the molecule is Cc1ccc(N2CCCS2(=O)=O)cc1NC(=O)c1ccc(Cl)cc1. The Morgan fingerprint density at radius 3 is 2.50 bits per heavy atom. The fourth-order valence-corrected chi connectivity index (χ4v) is 4.31. The van der Waals surface area contributed by atoms with E-state index in [1.165, 1.54) is 4.31 Å². The lowest BCUT2D eigenvalue weighted by atomic mass is 10.1. The molecule has 126 valence electrons. The maximum Gasteiger partial charge on any atom is 0.255 e. The summed E-state index contributed by atoms with van der Waals surface area (Å²) >= 11 is 5.83. The van der Waals surface area contributed by atoms with Crippen molar-refractivity contribution in [2.75, 3.05) is 21.9 Å². The largest absolute Gasteiger partial charge is 0.322 e. The number of sulfonamides is 1. The Hall–Kier alpha value is -2.05. The van der Waals surface area contributed by atoms with Gasteiger partial charge in [-0.3, -0.25) is 9.10 Å². The summed E-state index contributed by atoms with van der Waals surface area (Å²) in [4.78, 5) is 12.4. The second-order valence-corrected chi connectivity index (χ2v) is 8.15. The summed E-state index contributed by atoms with van der Waals surface area (Å²) in [5.41, 5.74) is 2.51. The van der Waals surface area contributed by atoms with E-state index in [0.29, 0.717) is 34.9 Å². The van der Waals surface area contributed by atoms with Crippen molar-refractivity contribution in [2.45, 2.75) is 13.3 Å². The van der Waals surface area contributed by atoms with Crippen LogP contribution in [-0.4, -0.2) is 26.6 Å². The minimum atomic E-state index is -3.25. The Morgan fingerprint density at radius 2 is 1.88 bits per heavy atom. The maximum atomic E-state index is 12.4. The molecule has 7 heteroatoms. The molecule has 1 saturated heterocycles. The van der Waals surface area contributed by atoms with Crippen molar-refractivity contribution in [3.05, 3.63) is 58.6 Å². The van der Waals surface area contributed by atoms with Crippen LogP contribution in [0.4, 0.5) is 11.4 Å². The molecule has 5 nitrogen and oxygen atoms in total. The van der Waals surface area contributed by atoms with Gasteiger partial charge < -0.3 is 5.32 Å². The average molecular weight is 365 g/mol. The van der Waals surface area contributed by atoms with Gasteiger partial charge in [0, 0.05) is 22.8 Å². The average Bonchev–Trinajstić information content (AvgIpc) is 2.89. The first kappa shape index (κ1) is 16.8. The lowest BCUT2D eigenvalue weighted by Gasteiger charge is -2.19. The Bertz CT molecular complexity index is 879. The van der Waals surface area contributed by atoms with Crippen LogP contribution >= 0.6 is 11.6 Å². The highest BCUT2D eigenvalue weighted by atomic mass is 35.5. The number of halogens is 1. The molecule has 1 fully saturated rings. The summed E-state index contributed by atoms with van der Waals surface area (Å²) in [6.45, 7) is 2.33. The van der Waals surface area contributed by atoms with Crippen molar-refractivity contribution in [1.82, 2.24) is 0 Å². The number of carbonyl (C=O) groups excluding carboxylic acids is 1. The Balaban J connectivity index is 1.87. The van der Waals surface area contributed by atoms with Crippen LogP contribution in [0.2, 0.25) is 5.02 Å². The van der Waals surface area contributed by atoms with Crippen molar-refractivity contribution >= 4 is 38.9 Å². The fraction of sp³-hybridized carbons (Fsp3) is 0.235. The number of carbonyl (C=O) groups is 1. The molecule has 0 spiro atoms. The van der Waals surface area contributed by atoms with E-state index in [1.807, 2.05) is 6.92 Å². The molecule has 1 N–H and O–H groups in total. The van der Waals surface area contributed by atoms with Gasteiger partial charge >= 0.3 is 0 Å². The van der Waals surface area contributed by atoms with Gasteiger partial charge in [0.25, 0.3) is 5.91 Å². The zero-order valence-electron chi connectivity index (χ0n) is 13.1. The topological polar surface area (TPSA) is 66.5 Å². The fourth-order valence-electron chi connectivity index (χ4n) is 2.63. The van der Waals surface area contributed by atoms with Gasteiger partial charge in [-0.2, -0.15) is 0 Å². The summed E-state index contributed by atoms with van der Waals surface area (Å²) in [5.74, 6) is -0.107. The monoisotopic (exact) mass is 364 g/mol. The number of rotatable bonds is 3. The molecule has 3 rings (SSSR count). The van der Waals surface area contributed by atoms with Gasteiger partial charge in [0.2, 0.25) is 10.0 Å². The molecule has 0 saturated carbocycles. The third kappa shape index (κ3) is 3.39. The minimum absolute atomic E-state index is 0.160. The van der Waals surface area contributed by atoms with Gasteiger partial charge in [-0.1, -0.05) is 17.7 Å². The highest BCUT2D eigenvalue weighted by Crippen LogP contribution is 2.28. The van der Waals surface area contributed by atoms with E-state index in [9.17, 15) is 13.2 Å². The van der Waals surface area contributed by atoms with Crippen LogP contribution in [0.25, 0.3) is 0 Å². The van der Waals surface area contributed by atoms with E-state index in [1.54, 1.807) is 42.5 Å². The molecule has 0 atom stereocenters. The molecular formula is C17H17ClN2O3S. The van der Waals surface area contributed by atoms with Gasteiger partial charge in [0.15, 0.2) is 0 Å². The number of hydrogen-bond acceptors (Lipinski definition) is 3. The molecule has 2 aromatic carbocycles.